The van der Waals surface area contributed by atoms with Crippen molar-refractivity contribution in [2.75, 3.05) is 38.2 Å². The lowest BCUT2D eigenvalue weighted by Gasteiger charge is -2.40. The van der Waals surface area contributed by atoms with Crippen LogP contribution in [-0.2, 0) is 9.84 Å². The molecule has 23 heavy (non-hydrogen) atoms. The van der Waals surface area contributed by atoms with Crippen LogP contribution in [0.2, 0.25) is 0 Å². The summed E-state index contributed by atoms with van der Waals surface area (Å²) in [5, 5.41) is 2.91. The van der Waals surface area contributed by atoms with Gasteiger partial charge in [-0.05, 0) is 19.0 Å². The fraction of sp³-hybridized carbons (Fsp3) is 0.562. The number of piperazine rings is 1. The highest BCUT2D eigenvalue weighted by atomic mass is 32.2. The number of amides is 2. The number of nitrogens with zero attached hydrogens (tertiary/aromatic N) is 2. The molecule has 0 saturated carbocycles. The van der Waals surface area contributed by atoms with Crippen LogP contribution in [0.25, 0.3) is 0 Å². The summed E-state index contributed by atoms with van der Waals surface area (Å²) >= 11 is 0. The van der Waals surface area contributed by atoms with Gasteiger partial charge in [-0.1, -0.05) is 30.3 Å². The van der Waals surface area contributed by atoms with Gasteiger partial charge in [-0.15, -0.1) is 0 Å². The Kier molecular flexibility index (Phi) is 4.59. The molecule has 0 aliphatic carbocycles. The molecule has 0 unspecified atom stereocenters. The molecule has 1 aromatic carbocycles. The van der Waals surface area contributed by atoms with Gasteiger partial charge in [-0.2, -0.15) is 0 Å². The van der Waals surface area contributed by atoms with Crippen LogP contribution < -0.4 is 5.32 Å². The summed E-state index contributed by atoms with van der Waals surface area (Å²) in [6, 6.07) is 9.55. The minimum Gasteiger partial charge on any atom is -0.334 e. The number of likely N-dealkylation sites (N-methyl/N-ethyl adjacent to an activating group) is 1. The molecule has 6 nitrogen and oxygen atoms in total. The molecule has 126 valence electrons. The van der Waals surface area contributed by atoms with E-state index in [0.29, 0.717) is 13.0 Å². The molecule has 1 N–H and O–H groups in total. The van der Waals surface area contributed by atoms with Crippen molar-refractivity contribution >= 4 is 15.9 Å². The van der Waals surface area contributed by atoms with Gasteiger partial charge in [0.1, 0.15) is 0 Å². The summed E-state index contributed by atoms with van der Waals surface area (Å²) in [6.45, 7) is 2.24. The first-order valence-electron chi connectivity index (χ1n) is 7.96. The van der Waals surface area contributed by atoms with Crippen LogP contribution in [0.3, 0.4) is 0 Å². The van der Waals surface area contributed by atoms with E-state index in [1.165, 1.54) is 0 Å². The van der Waals surface area contributed by atoms with Crippen molar-refractivity contribution in [2.45, 2.75) is 18.5 Å². The van der Waals surface area contributed by atoms with Gasteiger partial charge in [-0.3, -0.25) is 0 Å². The van der Waals surface area contributed by atoms with Gasteiger partial charge in [0, 0.05) is 25.7 Å². The van der Waals surface area contributed by atoms with Gasteiger partial charge in [0.05, 0.1) is 17.5 Å². The zero-order valence-electron chi connectivity index (χ0n) is 13.3. The van der Waals surface area contributed by atoms with E-state index in [1.54, 1.807) is 0 Å². The highest BCUT2D eigenvalue weighted by Crippen LogP contribution is 2.25. The third-order valence-electron chi connectivity index (χ3n) is 4.59. The summed E-state index contributed by atoms with van der Waals surface area (Å²) in [6.07, 6.45) is 0.512. The van der Waals surface area contributed by atoms with Crippen molar-refractivity contribution in [3.8, 4) is 0 Å². The molecule has 3 rings (SSSR count). The summed E-state index contributed by atoms with van der Waals surface area (Å²) in [4.78, 5) is 16.7. The van der Waals surface area contributed by atoms with Crippen LogP contribution in [0.4, 0.5) is 4.79 Å². The normalized spacial score (nSPS) is 27.8. The van der Waals surface area contributed by atoms with Crippen molar-refractivity contribution < 1.29 is 13.2 Å². The molecule has 1 aromatic rings. The lowest BCUT2D eigenvalue weighted by molar-refractivity contribution is 0.107. The van der Waals surface area contributed by atoms with Crippen molar-refractivity contribution in [3.05, 3.63) is 35.9 Å². The van der Waals surface area contributed by atoms with Crippen LogP contribution in [0, 0.1) is 0 Å². The molecular formula is C16H23N3O3S. The number of carbonyl (C=O) groups excluding carboxylic acids is 1. The van der Waals surface area contributed by atoms with Crippen molar-refractivity contribution in [1.82, 2.24) is 15.1 Å². The van der Waals surface area contributed by atoms with Gasteiger partial charge in [0.2, 0.25) is 0 Å². The van der Waals surface area contributed by atoms with Crippen LogP contribution in [-0.4, -0.2) is 68.5 Å². The molecule has 0 bridgehead atoms. The average Bonchev–Trinajstić information content (AvgIpc) is 2.86. The second-order valence-corrected chi connectivity index (χ2v) is 8.66. The van der Waals surface area contributed by atoms with E-state index in [9.17, 15) is 13.2 Å². The molecular weight excluding hydrogens is 314 g/mol. The Labute approximate surface area is 137 Å². The number of nitrogens with one attached hydrogen (secondary N) is 1. The maximum absolute atomic E-state index is 12.7. The Morgan fingerprint density at radius 2 is 1.96 bits per heavy atom. The Morgan fingerprint density at radius 1 is 1.22 bits per heavy atom. The van der Waals surface area contributed by atoms with Gasteiger partial charge in [0.15, 0.2) is 9.84 Å². The van der Waals surface area contributed by atoms with Crippen molar-refractivity contribution in [3.63, 3.8) is 0 Å². The van der Waals surface area contributed by atoms with Crippen LogP contribution >= 0.6 is 0 Å². The van der Waals surface area contributed by atoms with E-state index in [-0.39, 0.29) is 29.6 Å². The van der Waals surface area contributed by atoms with E-state index < -0.39 is 9.84 Å². The zero-order chi connectivity index (χ0) is 16.4. The molecule has 2 aliphatic heterocycles. The SMILES string of the molecule is CN1CCN(C(=O)N[C@H]2CCS(=O)(=O)C2)[C@H](c2ccccc2)C1. The molecule has 2 atom stereocenters. The first-order valence-corrected chi connectivity index (χ1v) is 9.78. The summed E-state index contributed by atoms with van der Waals surface area (Å²) < 4.78 is 23.1. The fourth-order valence-corrected chi connectivity index (χ4v) is 4.96. The third-order valence-corrected chi connectivity index (χ3v) is 6.36. The lowest BCUT2D eigenvalue weighted by atomic mass is 10.0. The molecule has 0 spiro atoms. The summed E-state index contributed by atoms with van der Waals surface area (Å²) in [5.74, 6) is 0.227. The van der Waals surface area contributed by atoms with Gasteiger partial charge in [-0.25, -0.2) is 13.2 Å². The van der Waals surface area contributed by atoms with E-state index in [1.807, 2.05) is 35.2 Å². The standard InChI is InChI=1S/C16H23N3O3S/c1-18-8-9-19(15(11-18)13-5-3-2-4-6-13)16(20)17-14-7-10-23(21,22)12-14/h2-6,14-15H,7-12H2,1H3,(H,17,20)/t14-,15-/m0/s1. The van der Waals surface area contributed by atoms with Crippen molar-refractivity contribution in [2.24, 2.45) is 0 Å². The maximum Gasteiger partial charge on any atom is 0.318 e. The monoisotopic (exact) mass is 337 g/mol. The predicted molar refractivity (Wildman–Crippen MR) is 89.0 cm³/mol. The Hall–Kier alpha value is -1.60. The highest BCUT2D eigenvalue weighted by Gasteiger charge is 2.34. The maximum atomic E-state index is 12.7. The van der Waals surface area contributed by atoms with E-state index in [2.05, 4.69) is 17.3 Å². The second-order valence-electron chi connectivity index (χ2n) is 6.43. The van der Waals surface area contributed by atoms with E-state index in [4.69, 9.17) is 0 Å². The minimum absolute atomic E-state index is 0.00652. The molecule has 2 saturated heterocycles. The smallest absolute Gasteiger partial charge is 0.318 e. The lowest BCUT2D eigenvalue weighted by Crippen LogP contribution is -2.54. The average molecular weight is 337 g/mol. The first kappa shape index (κ1) is 16.3. The molecule has 2 amide bonds. The molecule has 7 heteroatoms. The number of urea groups is 1. The Balaban J connectivity index is 1.72. The van der Waals surface area contributed by atoms with Crippen LogP contribution in [0.1, 0.15) is 18.0 Å². The number of benzene rings is 1. The molecule has 2 fully saturated rings. The van der Waals surface area contributed by atoms with Crippen LogP contribution in [0.5, 0.6) is 0 Å². The van der Waals surface area contributed by atoms with Gasteiger partial charge < -0.3 is 15.1 Å². The number of hydrogen-bond acceptors (Lipinski definition) is 4. The third kappa shape index (κ3) is 3.84. The topological polar surface area (TPSA) is 69.7 Å². The van der Waals surface area contributed by atoms with E-state index >= 15 is 0 Å². The summed E-state index contributed by atoms with van der Waals surface area (Å²) in [7, 11) is -0.937. The predicted octanol–water partition coefficient (Wildman–Crippen LogP) is 0.872. The molecule has 0 aromatic heterocycles. The van der Waals surface area contributed by atoms with Crippen molar-refractivity contribution in [1.29, 1.82) is 0 Å². The quantitative estimate of drug-likeness (QED) is 0.869. The molecule has 2 aliphatic rings. The minimum atomic E-state index is -2.99. The fourth-order valence-electron chi connectivity index (χ4n) is 3.29. The van der Waals surface area contributed by atoms with E-state index in [0.717, 1.165) is 18.7 Å². The highest BCUT2D eigenvalue weighted by molar-refractivity contribution is 7.91. The Bertz CT molecular complexity index is 662. The second kappa shape index (κ2) is 6.49. The number of rotatable bonds is 2. The first-order chi connectivity index (χ1) is 10.9. The zero-order valence-corrected chi connectivity index (χ0v) is 14.1. The summed E-state index contributed by atoms with van der Waals surface area (Å²) in [5.41, 5.74) is 1.10. The number of carbonyl (C=O) groups is 1. The molecule has 2 heterocycles. The number of sulfone groups is 1. The largest absolute Gasteiger partial charge is 0.334 e. The van der Waals surface area contributed by atoms with Gasteiger partial charge in [0.25, 0.3) is 0 Å². The molecule has 0 radical (unpaired) electrons. The Morgan fingerprint density at radius 3 is 2.61 bits per heavy atom. The number of hydrogen-bond donors (Lipinski definition) is 1. The van der Waals surface area contributed by atoms with Crippen LogP contribution in [0.15, 0.2) is 30.3 Å². The van der Waals surface area contributed by atoms with Gasteiger partial charge >= 0.3 is 6.03 Å².